The molecular formula is C34H28N4. The molecule has 6 rings (SSSR count). The molecule has 38 heavy (non-hydrogen) atoms. The molecule has 0 spiro atoms. The number of anilines is 2. The topological polar surface area (TPSA) is 76.1 Å². The fraction of sp³-hybridized carbons (Fsp3) is 0. The first-order valence-corrected chi connectivity index (χ1v) is 12.6. The van der Waals surface area contributed by atoms with Gasteiger partial charge in [0, 0.05) is 11.4 Å². The zero-order valence-corrected chi connectivity index (χ0v) is 20.9. The Kier molecular flexibility index (Phi) is 6.32. The van der Waals surface area contributed by atoms with E-state index >= 15 is 0 Å². The number of nitrogens with one attached hydrogen (secondary N) is 2. The lowest BCUT2D eigenvalue weighted by molar-refractivity contribution is 1.35. The van der Waals surface area contributed by atoms with Gasteiger partial charge in [-0.1, -0.05) is 97.1 Å². The summed E-state index contributed by atoms with van der Waals surface area (Å²) in [6.07, 6.45) is 0. The molecule has 0 amide bonds. The summed E-state index contributed by atoms with van der Waals surface area (Å²) in [5.41, 5.74) is 16.6. The second kappa shape index (κ2) is 10.2. The number of rotatable bonds is 6. The highest BCUT2D eigenvalue weighted by molar-refractivity contribution is 5.91. The van der Waals surface area contributed by atoms with E-state index in [9.17, 15) is 0 Å². The summed E-state index contributed by atoms with van der Waals surface area (Å²) in [4.78, 5) is 0. The van der Waals surface area contributed by atoms with Gasteiger partial charge in [0.25, 0.3) is 0 Å². The molecule has 0 aliphatic heterocycles. The van der Waals surface area contributed by atoms with Gasteiger partial charge in [0.1, 0.15) is 0 Å². The first-order chi connectivity index (χ1) is 18.7. The largest absolute Gasteiger partial charge is 0.324 e. The van der Waals surface area contributed by atoms with Gasteiger partial charge in [-0.3, -0.25) is 11.7 Å². The minimum Gasteiger partial charge on any atom is -0.324 e. The average molecular weight is 493 g/mol. The molecule has 0 aliphatic rings. The molecule has 0 heterocycles. The smallest absolute Gasteiger partial charge is 0.0491 e. The maximum Gasteiger partial charge on any atom is 0.0491 e. The highest BCUT2D eigenvalue weighted by atomic mass is 15.2. The van der Waals surface area contributed by atoms with Gasteiger partial charge in [0.15, 0.2) is 0 Å². The van der Waals surface area contributed by atoms with Crippen LogP contribution in [-0.4, -0.2) is 0 Å². The van der Waals surface area contributed by atoms with Crippen molar-refractivity contribution < 1.29 is 0 Å². The summed E-state index contributed by atoms with van der Waals surface area (Å²) in [5, 5.41) is 2.44. The average Bonchev–Trinajstić information content (AvgIpc) is 3.00. The van der Waals surface area contributed by atoms with Crippen LogP contribution in [-0.2, 0) is 0 Å². The molecule has 0 aromatic heterocycles. The van der Waals surface area contributed by atoms with E-state index in [0.29, 0.717) is 0 Å². The molecule has 6 aromatic rings. The molecule has 0 bridgehead atoms. The monoisotopic (exact) mass is 492 g/mol. The van der Waals surface area contributed by atoms with Gasteiger partial charge in [-0.2, -0.15) is 0 Å². The van der Waals surface area contributed by atoms with Crippen molar-refractivity contribution in [1.29, 1.82) is 0 Å². The first kappa shape index (κ1) is 23.5. The second-order valence-electron chi connectivity index (χ2n) is 9.38. The number of nitrogen functional groups attached to an aromatic ring is 2. The zero-order chi connectivity index (χ0) is 25.9. The third kappa shape index (κ3) is 4.74. The van der Waals surface area contributed by atoms with Gasteiger partial charge in [-0.15, -0.1) is 0 Å². The Morgan fingerprint density at radius 2 is 0.658 bits per heavy atom. The third-order valence-corrected chi connectivity index (χ3v) is 7.00. The van der Waals surface area contributed by atoms with E-state index in [0.717, 1.165) is 33.6 Å². The van der Waals surface area contributed by atoms with E-state index in [2.05, 4.69) is 108 Å². The normalized spacial score (nSPS) is 10.9. The molecule has 0 saturated heterocycles. The van der Waals surface area contributed by atoms with Gasteiger partial charge in [0.05, 0.1) is 0 Å². The standard InChI is InChI=1S/C34H28N4/c35-37-33-5-1-3-28(21-33)23-7-11-25(12-8-23)30-17-15-27-16-18-31(20-32(27)19-30)26-13-9-24(10-14-26)29-4-2-6-34(22-29)38-36/h1-22,37-38H,35-36H2. The fourth-order valence-corrected chi connectivity index (χ4v) is 4.89. The van der Waals surface area contributed by atoms with Crippen LogP contribution in [0.15, 0.2) is 133 Å². The van der Waals surface area contributed by atoms with Crippen molar-refractivity contribution in [2.24, 2.45) is 11.7 Å². The van der Waals surface area contributed by atoms with Gasteiger partial charge < -0.3 is 10.9 Å². The minimum absolute atomic E-state index is 0.893. The van der Waals surface area contributed by atoms with Crippen LogP contribution < -0.4 is 22.5 Å². The van der Waals surface area contributed by atoms with Crippen LogP contribution in [0.25, 0.3) is 55.3 Å². The van der Waals surface area contributed by atoms with Crippen molar-refractivity contribution in [1.82, 2.24) is 0 Å². The predicted molar refractivity (Wildman–Crippen MR) is 161 cm³/mol. The van der Waals surface area contributed by atoms with Crippen molar-refractivity contribution in [3.05, 3.63) is 133 Å². The Balaban J connectivity index is 1.28. The number of fused-ring (bicyclic) bond motifs is 1. The van der Waals surface area contributed by atoms with E-state index in [4.69, 9.17) is 11.7 Å². The van der Waals surface area contributed by atoms with Gasteiger partial charge >= 0.3 is 0 Å². The van der Waals surface area contributed by atoms with Crippen LogP contribution in [0.2, 0.25) is 0 Å². The van der Waals surface area contributed by atoms with E-state index < -0.39 is 0 Å². The maximum absolute atomic E-state index is 5.57. The van der Waals surface area contributed by atoms with Crippen molar-refractivity contribution in [3.8, 4) is 44.5 Å². The minimum atomic E-state index is 0.893. The van der Waals surface area contributed by atoms with Crippen LogP contribution in [0.3, 0.4) is 0 Å². The molecule has 0 atom stereocenters. The van der Waals surface area contributed by atoms with Gasteiger partial charge in [-0.05, 0) is 91.7 Å². The van der Waals surface area contributed by atoms with E-state index in [1.165, 1.54) is 33.0 Å². The van der Waals surface area contributed by atoms with Crippen molar-refractivity contribution in [2.45, 2.75) is 0 Å². The van der Waals surface area contributed by atoms with Crippen molar-refractivity contribution in [2.75, 3.05) is 10.9 Å². The number of hydrazine groups is 2. The molecule has 0 unspecified atom stereocenters. The molecule has 0 radical (unpaired) electrons. The summed E-state index contributed by atoms with van der Waals surface area (Å²) >= 11 is 0. The van der Waals surface area contributed by atoms with E-state index in [1.807, 2.05) is 36.4 Å². The number of hydrogen-bond donors (Lipinski definition) is 4. The lowest BCUT2D eigenvalue weighted by Crippen LogP contribution is -2.06. The molecule has 184 valence electrons. The number of benzene rings is 6. The SMILES string of the molecule is NNc1cccc(-c2ccc(-c3ccc4ccc(-c5ccc(-c6cccc(NN)c6)cc5)cc4c3)cc2)c1. The molecular weight excluding hydrogens is 464 g/mol. The van der Waals surface area contributed by atoms with Crippen molar-refractivity contribution >= 4 is 22.1 Å². The molecule has 0 saturated carbocycles. The van der Waals surface area contributed by atoms with Crippen LogP contribution in [0.4, 0.5) is 11.4 Å². The Hall–Kier alpha value is -4.90. The Morgan fingerprint density at radius 3 is 1.03 bits per heavy atom. The Labute approximate surface area is 222 Å². The molecule has 6 aromatic carbocycles. The molecule has 4 nitrogen and oxygen atoms in total. The molecule has 4 heteroatoms. The number of hydrogen-bond acceptors (Lipinski definition) is 4. The Morgan fingerprint density at radius 1 is 0.316 bits per heavy atom. The number of nitrogens with two attached hydrogens (primary N) is 2. The van der Waals surface area contributed by atoms with Crippen molar-refractivity contribution in [3.63, 3.8) is 0 Å². The summed E-state index contributed by atoms with van der Waals surface area (Å²) in [7, 11) is 0. The molecule has 6 N–H and O–H groups in total. The predicted octanol–water partition coefficient (Wildman–Crippen LogP) is 8.08. The quantitative estimate of drug-likeness (QED) is 0.140. The van der Waals surface area contributed by atoms with E-state index in [1.54, 1.807) is 0 Å². The molecule has 0 fully saturated rings. The Bertz CT molecular complexity index is 1600. The third-order valence-electron chi connectivity index (χ3n) is 7.00. The van der Waals surface area contributed by atoms with Gasteiger partial charge in [0.2, 0.25) is 0 Å². The lowest BCUT2D eigenvalue weighted by Gasteiger charge is -2.10. The lowest BCUT2D eigenvalue weighted by atomic mass is 9.95. The highest BCUT2D eigenvalue weighted by Crippen LogP contribution is 2.32. The first-order valence-electron chi connectivity index (χ1n) is 12.6. The fourth-order valence-electron chi connectivity index (χ4n) is 4.89. The molecule has 0 aliphatic carbocycles. The van der Waals surface area contributed by atoms with Crippen LogP contribution in [0, 0.1) is 0 Å². The summed E-state index contributed by atoms with van der Waals surface area (Å²) in [5.74, 6) is 11.1. The van der Waals surface area contributed by atoms with Gasteiger partial charge in [-0.25, -0.2) is 0 Å². The summed E-state index contributed by atoms with van der Waals surface area (Å²) < 4.78 is 0. The summed E-state index contributed by atoms with van der Waals surface area (Å²) in [6.45, 7) is 0. The second-order valence-corrected chi connectivity index (χ2v) is 9.38. The zero-order valence-electron chi connectivity index (χ0n) is 20.9. The van der Waals surface area contributed by atoms with Crippen LogP contribution >= 0.6 is 0 Å². The van der Waals surface area contributed by atoms with Crippen LogP contribution in [0.5, 0.6) is 0 Å². The van der Waals surface area contributed by atoms with Crippen LogP contribution in [0.1, 0.15) is 0 Å². The summed E-state index contributed by atoms with van der Waals surface area (Å²) in [6, 6.07) is 46.8. The highest BCUT2D eigenvalue weighted by Gasteiger charge is 2.06. The van der Waals surface area contributed by atoms with E-state index in [-0.39, 0.29) is 0 Å². The maximum atomic E-state index is 5.57.